The number of hydrogen-bond donors (Lipinski definition) is 1. The molecule has 4 aromatic rings. The molecular weight excluding hydrogens is 368 g/mol. The van der Waals surface area contributed by atoms with E-state index in [0.717, 1.165) is 12.1 Å². The van der Waals surface area contributed by atoms with Crippen molar-refractivity contribution in [1.29, 1.82) is 0 Å². The monoisotopic (exact) mass is 388 g/mol. The molecule has 2 aromatic carbocycles. The number of fused-ring (bicyclic) bond motifs is 2. The van der Waals surface area contributed by atoms with E-state index in [1.165, 1.54) is 0 Å². The van der Waals surface area contributed by atoms with E-state index in [9.17, 15) is 9.59 Å². The zero-order valence-electron chi connectivity index (χ0n) is 15.9. The fourth-order valence-electron chi connectivity index (χ4n) is 3.22. The van der Waals surface area contributed by atoms with Crippen LogP contribution in [0, 0.1) is 0 Å². The van der Waals surface area contributed by atoms with E-state index in [0.29, 0.717) is 27.7 Å². The van der Waals surface area contributed by atoms with Gasteiger partial charge in [0, 0.05) is 12.3 Å². The molecule has 1 N–H and O–H groups in total. The summed E-state index contributed by atoms with van der Waals surface area (Å²) in [6, 6.07) is 17.5. The molecule has 29 heavy (non-hydrogen) atoms. The van der Waals surface area contributed by atoms with E-state index >= 15 is 0 Å². The summed E-state index contributed by atoms with van der Waals surface area (Å²) in [5.74, 6) is 0.208. The first-order valence-corrected chi connectivity index (χ1v) is 9.44. The molecule has 1 unspecified atom stereocenters. The number of carbonyl (C=O) groups excluding carboxylic acids is 1. The number of ether oxygens (including phenoxy) is 1. The van der Waals surface area contributed by atoms with Crippen molar-refractivity contribution in [3.8, 4) is 5.75 Å². The smallest absolute Gasteiger partial charge is 0.258 e. The van der Waals surface area contributed by atoms with Crippen LogP contribution in [0.25, 0.3) is 21.9 Å². The Hall–Kier alpha value is -3.67. The Morgan fingerprint density at radius 3 is 2.66 bits per heavy atom. The van der Waals surface area contributed by atoms with Gasteiger partial charge in [-0.2, -0.15) is 0 Å². The summed E-state index contributed by atoms with van der Waals surface area (Å²) in [4.78, 5) is 29.2. The normalized spacial score (nSPS) is 12.0. The fourth-order valence-corrected chi connectivity index (χ4v) is 3.22. The van der Waals surface area contributed by atoms with Gasteiger partial charge in [0.05, 0.1) is 22.5 Å². The van der Waals surface area contributed by atoms with Crippen LogP contribution in [0.15, 0.2) is 76.1 Å². The maximum atomic E-state index is 12.6. The lowest BCUT2D eigenvalue weighted by Crippen LogP contribution is -2.32. The van der Waals surface area contributed by atoms with Crippen LogP contribution in [-0.4, -0.2) is 17.5 Å². The second-order valence-corrected chi connectivity index (χ2v) is 6.66. The zero-order valence-corrected chi connectivity index (χ0v) is 15.9. The van der Waals surface area contributed by atoms with Crippen molar-refractivity contribution in [2.75, 3.05) is 6.61 Å². The number of carbonyl (C=O) groups is 1. The number of benzene rings is 2. The highest BCUT2D eigenvalue weighted by Gasteiger charge is 2.14. The summed E-state index contributed by atoms with van der Waals surface area (Å²) < 4.78 is 11.4. The van der Waals surface area contributed by atoms with Gasteiger partial charge in [-0.05, 0) is 42.8 Å². The van der Waals surface area contributed by atoms with Crippen molar-refractivity contribution >= 4 is 27.8 Å². The quantitative estimate of drug-likeness (QED) is 0.505. The van der Waals surface area contributed by atoms with Crippen molar-refractivity contribution < 1.29 is 13.9 Å². The van der Waals surface area contributed by atoms with Crippen LogP contribution in [0.5, 0.6) is 5.75 Å². The van der Waals surface area contributed by atoms with Crippen LogP contribution >= 0.6 is 0 Å². The van der Waals surface area contributed by atoms with Gasteiger partial charge in [0.25, 0.3) is 5.91 Å². The minimum Gasteiger partial charge on any atom is -0.484 e. The maximum absolute atomic E-state index is 12.6. The molecule has 0 bridgehead atoms. The van der Waals surface area contributed by atoms with Crippen LogP contribution in [0.4, 0.5) is 0 Å². The molecular formula is C23H20N2O4. The molecule has 6 nitrogen and oxygen atoms in total. The number of nitrogens with one attached hydrogen (secondary N) is 1. The number of rotatable bonds is 6. The highest BCUT2D eigenvalue weighted by Crippen LogP contribution is 2.23. The van der Waals surface area contributed by atoms with Crippen molar-refractivity contribution in [2.24, 2.45) is 0 Å². The van der Waals surface area contributed by atoms with Gasteiger partial charge in [0.2, 0.25) is 5.43 Å². The Bertz CT molecular complexity index is 1220. The van der Waals surface area contributed by atoms with Crippen LogP contribution < -0.4 is 15.5 Å². The summed E-state index contributed by atoms with van der Waals surface area (Å²) >= 11 is 0. The number of hydrogen-bond acceptors (Lipinski definition) is 5. The lowest BCUT2D eigenvalue weighted by molar-refractivity contribution is -0.123. The molecule has 0 aliphatic carbocycles. The third-order valence-electron chi connectivity index (χ3n) is 4.71. The lowest BCUT2D eigenvalue weighted by atomic mass is 10.1. The van der Waals surface area contributed by atoms with Crippen molar-refractivity contribution in [3.05, 3.63) is 82.8 Å². The maximum Gasteiger partial charge on any atom is 0.258 e. The van der Waals surface area contributed by atoms with E-state index < -0.39 is 0 Å². The molecule has 0 saturated carbocycles. The van der Waals surface area contributed by atoms with E-state index in [-0.39, 0.29) is 24.0 Å². The van der Waals surface area contributed by atoms with Gasteiger partial charge < -0.3 is 14.5 Å². The standard InChI is InChI=1S/C23H20N2O4/c1-2-18(19-8-5-6-12-24-19)25-22(26)14-28-15-10-11-17-21(13-15)29-20-9-4-3-7-16(20)23(17)27/h3-13,18H,2,14H2,1H3,(H,25,26). The molecule has 0 fully saturated rings. The SMILES string of the molecule is CCC(NC(=O)COc1ccc2c(=O)c3ccccc3oc2c1)c1ccccn1. The van der Waals surface area contributed by atoms with Gasteiger partial charge in [0.15, 0.2) is 6.61 Å². The van der Waals surface area contributed by atoms with Crippen LogP contribution in [0.2, 0.25) is 0 Å². The predicted octanol–water partition coefficient (Wildman–Crippen LogP) is 3.99. The number of amides is 1. The second kappa shape index (κ2) is 8.14. The molecule has 0 radical (unpaired) electrons. The van der Waals surface area contributed by atoms with Crippen molar-refractivity contribution in [1.82, 2.24) is 10.3 Å². The molecule has 1 atom stereocenters. The molecule has 0 aliphatic rings. The number of pyridine rings is 1. The summed E-state index contributed by atoms with van der Waals surface area (Å²) in [5, 5.41) is 3.93. The average Bonchev–Trinajstić information content (AvgIpc) is 2.76. The van der Waals surface area contributed by atoms with E-state index in [1.54, 1.807) is 42.6 Å². The van der Waals surface area contributed by atoms with Gasteiger partial charge in [-0.1, -0.05) is 25.1 Å². The second-order valence-electron chi connectivity index (χ2n) is 6.66. The van der Waals surface area contributed by atoms with Gasteiger partial charge in [-0.3, -0.25) is 14.6 Å². The van der Waals surface area contributed by atoms with E-state index in [4.69, 9.17) is 9.15 Å². The molecule has 1 amide bonds. The van der Waals surface area contributed by atoms with Gasteiger partial charge >= 0.3 is 0 Å². The minimum atomic E-state index is -0.248. The van der Waals surface area contributed by atoms with E-state index in [2.05, 4.69) is 10.3 Å². The lowest BCUT2D eigenvalue weighted by Gasteiger charge is -2.16. The molecule has 6 heteroatoms. The molecule has 146 valence electrons. The van der Waals surface area contributed by atoms with Crippen molar-refractivity contribution in [3.63, 3.8) is 0 Å². The molecule has 2 aromatic heterocycles. The highest BCUT2D eigenvalue weighted by molar-refractivity contribution is 5.90. The Morgan fingerprint density at radius 1 is 1.07 bits per heavy atom. The average molecular weight is 388 g/mol. The zero-order chi connectivity index (χ0) is 20.2. The van der Waals surface area contributed by atoms with Crippen LogP contribution in [0.3, 0.4) is 0 Å². The first-order valence-electron chi connectivity index (χ1n) is 9.44. The topological polar surface area (TPSA) is 81.4 Å². The van der Waals surface area contributed by atoms with Crippen molar-refractivity contribution in [2.45, 2.75) is 19.4 Å². The first kappa shape index (κ1) is 18.7. The Labute approximate surface area is 167 Å². The Kier molecular flexibility index (Phi) is 5.24. The summed E-state index contributed by atoms with van der Waals surface area (Å²) in [7, 11) is 0. The summed E-state index contributed by atoms with van der Waals surface area (Å²) in [6.45, 7) is 1.84. The third-order valence-corrected chi connectivity index (χ3v) is 4.71. The largest absolute Gasteiger partial charge is 0.484 e. The fraction of sp³-hybridized carbons (Fsp3) is 0.174. The van der Waals surface area contributed by atoms with Crippen LogP contribution in [-0.2, 0) is 4.79 Å². The van der Waals surface area contributed by atoms with Gasteiger partial charge in [-0.15, -0.1) is 0 Å². The Morgan fingerprint density at radius 2 is 1.86 bits per heavy atom. The van der Waals surface area contributed by atoms with Gasteiger partial charge in [-0.25, -0.2) is 0 Å². The van der Waals surface area contributed by atoms with Gasteiger partial charge in [0.1, 0.15) is 16.9 Å². The highest BCUT2D eigenvalue weighted by atomic mass is 16.5. The molecule has 0 aliphatic heterocycles. The number of nitrogens with zero attached hydrogens (tertiary/aromatic N) is 1. The Balaban J connectivity index is 1.48. The third kappa shape index (κ3) is 3.96. The molecule has 4 rings (SSSR count). The molecule has 2 heterocycles. The molecule has 0 saturated heterocycles. The first-order chi connectivity index (χ1) is 14.2. The van der Waals surface area contributed by atoms with Crippen LogP contribution in [0.1, 0.15) is 25.1 Å². The molecule has 0 spiro atoms. The summed E-state index contributed by atoms with van der Waals surface area (Å²) in [6.07, 6.45) is 2.42. The number of aromatic nitrogens is 1. The minimum absolute atomic E-state index is 0.0905. The predicted molar refractivity (Wildman–Crippen MR) is 111 cm³/mol. The van der Waals surface area contributed by atoms with E-state index in [1.807, 2.05) is 31.2 Å². The number of para-hydroxylation sites is 1. The summed E-state index contributed by atoms with van der Waals surface area (Å²) in [5.41, 5.74) is 1.66.